The van der Waals surface area contributed by atoms with Gasteiger partial charge < -0.3 is 24.6 Å². The third-order valence-electron chi connectivity index (χ3n) is 5.69. The lowest BCUT2D eigenvalue weighted by molar-refractivity contribution is -0.0817. The van der Waals surface area contributed by atoms with E-state index in [1.807, 2.05) is 50.1 Å². The molecule has 2 fully saturated rings. The van der Waals surface area contributed by atoms with Crippen molar-refractivity contribution in [1.29, 1.82) is 0 Å². The van der Waals surface area contributed by atoms with Gasteiger partial charge in [0.05, 0.1) is 12.7 Å². The number of hydrogen-bond acceptors (Lipinski definition) is 4. The molecule has 0 aliphatic carbocycles. The summed E-state index contributed by atoms with van der Waals surface area (Å²) in [6.07, 6.45) is 2.50. The summed E-state index contributed by atoms with van der Waals surface area (Å²) in [5.41, 5.74) is 1.85. The number of amides is 1. The number of aliphatic imine (C=N–C) groups is 1. The lowest BCUT2D eigenvalue weighted by Crippen LogP contribution is -2.53. The molecule has 1 aromatic rings. The minimum atomic E-state index is 0. The molecule has 168 valence electrons. The monoisotopic (exact) mass is 530 g/mol. The summed E-state index contributed by atoms with van der Waals surface area (Å²) in [5.74, 6) is 0.957. The largest absolute Gasteiger partial charge is 0.375 e. The number of hydrogen-bond donors (Lipinski definition) is 1. The fourth-order valence-corrected chi connectivity index (χ4v) is 3.96. The molecule has 2 atom stereocenters. The summed E-state index contributed by atoms with van der Waals surface area (Å²) in [4.78, 5) is 21.0. The Bertz CT molecular complexity index is 688. The van der Waals surface area contributed by atoms with Crippen molar-refractivity contribution in [3.05, 3.63) is 35.4 Å². The first-order valence-electron chi connectivity index (χ1n) is 10.7. The first kappa shape index (κ1) is 24.9. The Balaban J connectivity index is 0.00000320. The maximum Gasteiger partial charge on any atom is 0.253 e. The fraction of sp³-hybridized carbons (Fsp3) is 0.636. The number of rotatable bonds is 6. The van der Waals surface area contributed by atoms with Crippen LogP contribution in [0.15, 0.2) is 29.3 Å². The Labute approximate surface area is 197 Å². The number of nitrogens with zero attached hydrogens (tertiary/aromatic N) is 3. The van der Waals surface area contributed by atoms with Crippen LogP contribution in [0.4, 0.5) is 0 Å². The Morgan fingerprint density at radius 2 is 1.87 bits per heavy atom. The second kappa shape index (κ2) is 12.5. The number of ether oxygens (including phenoxy) is 2. The van der Waals surface area contributed by atoms with E-state index in [0.29, 0.717) is 13.2 Å². The van der Waals surface area contributed by atoms with Gasteiger partial charge in [0.25, 0.3) is 5.91 Å². The highest BCUT2D eigenvalue weighted by Gasteiger charge is 2.32. The quantitative estimate of drug-likeness (QED) is 0.348. The van der Waals surface area contributed by atoms with Crippen molar-refractivity contribution < 1.29 is 14.3 Å². The molecule has 2 saturated heterocycles. The molecule has 0 bridgehead atoms. The van der Waals surface area contributed by atoms with Gasteiger partial charge in [-0.1, -0.05) is 12.1 Å². The molecule has 8 heteroatoms. The van der Waals surface area contributed by atoms with Gasteiger partial charge in [-0.05, 0) is 44.4 Å². The Hall–Kier alpha value is -1.39. The highest BCUT2D eigenvalue weighted by Crippen LogP contribution is 2.21. The molecule has 0 saturated carbocycles. The van der Waals surface area contributed by atoms with E-state index in [1.54, 1.807) is 0 Å². The molecule has 2 aliphatic rings. The highest BCUT2D eigenvalue weighted by atomic mass is 127. The predicted octanol–water partition coefficient (Wildman–Crippen LogP) is 2.74. The molecule has 7 nitrogen and oxygen atoms in total. The van der Waals surface area contributed by atoms with Crippen LogP contribution in [0.2, 0.25) is 0 Å². The van der Waals surface area contributed by atoms with Gasteiger partial charge >= 0.3 is 0 Å². The van der Waals surface area contributed by atoms with E-state index in [-0.39, 0.29) is 42.1 Å². The molecule has 1 amide bonds. The van der Waals surface area contributed by atoms with Crippen molar-refractivity contribution in [1.82, 2.24) is 15.1 Å². The molecule has 2 heterocycles. The number of halogens is 1. The standard InChI is InChI=1S/C22H34N4O3.HI/c1-4-25(5-2)21(27)18-10-8-17(9-11-18)15-24-22(23-3)26-12-14-29-20(16-26)19-7-6-13-28-19;/h8-11,19-20H,4-7,12-16H2,1-3H3,(H,23,24);1H. The molecule has 0 spiro atoms. The van der Waals surface area contributed by atoms with Crippen molar-refractivity contribution >= 4 is 35.8 Å². The minimum Gasteiger partial charge on any atom is -0.375 e. The molecular weight excluding hydrogens is 495 g/mol. The van der Waals surface area contributed by atoms with Crippen molar-refractivity contribution in [3.63, 3.8) is 0 Å². The van der Waals surface area contributed by atoms with Crippen LogP contribution in [0.5, 0.6) is 0 Å². The van der Waals surface area contributed by atoms with Crippen LogP contribution < -0.4 is 5.32 Å². The van der Waals surface area contributed by atoms with E-state index in [9.17, 15) is 4.79 Å². The van der Waals surface area contributed by atoms with E-state index >= 15 is 0 Å². The number of morpholine rings is 1. The topological polar surface area (TPSA) is 66.4 Å². The summed E-state index contributed by atoms with van der Waals surface area (Å²) in [5, 5.41) is 3.44. The lowest BCUT2D eigenvalue weighted by Gasteiger charge is -2.37. The molecule has 2 unspecified atom stereocenters. The summed E-state index contributed by atoms with van der Waals surface area (Å²) < 4.78 is 11.7. The summed E-state index contributed by atoms with van der Waals surface area (Å²) in [7, 11) is 1.81. The third kappa shape index (κ3) is 6.31. The van der Waals surface area contributed by atoms with Crippen LogP contribution in [0, 0.1) is 0 Å². The molecule has 0 radical (unpaired) electrons. The van der Waals surface area contributed by atoms with Crippen molar-refractivity contribution in [2.24, 2.45) is 4.99 Å². The van der Waals surface area contributed by atoms with Gasteiger partial charge in [-0.15, -0.1) is 24.0 Å². The van der Waals surface area contributed by atoms with Gasteiger partial charge in [0, 0.05) is 51.9 Å². The van der Waals surface area contributed by atoms with Crippen molar-refractivity contribution in [2.45, 2.75) is 45.4 Å². The van der Waals surface area contributed by atoms with Gasteiger partial charge in [0.15, 0.2) is 5.96 Å². The first-order valence-corrected chi connectivity index (χ1v) is 10.7. The number of carbonyl (C=O) groups is 1. The smallest absolute Gasteiger partial charge is 0.253 e. The van der Waals surface area contributed by atoms with E-state index in [0.717, 1.165) is 62.7 Å². The molecule has 0 aromatic heterocycles. The summed E-state index contributed by atoms with van der Waals surface area (Å²) >= 11 is 0. The second-order valence-corrected chi connectivity index (χ2v) is 7.48. The van der Waals surface area contributed by atoms with Crippen LogP contribution in [-0.2, 0) is 16.0 Å². The van der Waals surface area contributed by atoms with Crippen LogP contribution in [0.3, 0.4) is 0 Å². The van der Waals surface area contributed by atoms with Crippen LogP contribution in [-0.4, -0.2) is 80.3 Å². The zero-order valence-corrected chi connectivity index (χ0v) is 20.6. The van der Waals surface area contributed by atoms with Gasteiger partial charge in [0.2, 0.25) is 0 Å². The zero-order chi connectivity index (χ0) is 20.6. The summed E-state index contributed by atoms with van der Waals surface area (Å²) in [6.45, 7) is 9.25. The Kier molecular flexibility index (Phi) is 10.3. The van der Waals surface area contributed by atoms with E-state index < -0.39 is 0 Å². The lowest BCUT2D eigenvalue weighted by atomic mass is 10.1. The first-order chi connectivity index (χ1) is 14.2. The van der Waals surface area contributed by atoms with Crippen molar-refractivity contribution in [2.75, 3.05) is 46.4 Å². The van der Waals surface area contributed by atoms with E-state index in [2.05, 4.69) is 15.2 Å². The van der Waals surface area contributed by atoms with Crippen LogP contribution >= 0.6 is 24.0 Å². The normalized spacial score (nSPS) is 21.8. The van der Waals surface area contributed by atoms with E-state index in [1.165, 1.54) is 0 Å². The summed E-state index contributed by atoms with van der Waals surface area (Å²) in [6, 6.07) is 7.82. The molecule has 1 N–H and O–H groups in total. The SMILES string of the molecule is CCN(CC)C(=O)c1ccc(CNC(=NC)N2CCOC(C3CCCO3)C2)cc1.I. The average molecular weight is 530 g/mol. The predicted molar refractivity (Wildman–Crippen MR) is 130 cm³/mol. The molecule has 2 aliphatic heterocycles. The van der Waals surface area contributed by atoms with Gasteiger partial charge in [-0.2, -0.15) is 0 Å². The number of guanidine groups is 1. The molecule has 3 rings (SSSR count). The van der Waals surface area contributed by atoms with Crippen molar-refractivity contribution in [3.8, 4) is 0 Å². The van der Waals surface area contributed by atoms with Gasteiger partial charge in [-0.3, -0.25) is 9.79 Å². The van der Waals surface area contributed by atoms with Gasteiger partial charge in [-0.25, -0.2) is 0 Å². The number of nitrogens with one attached hydrogen (secondary N) is 1. The molecular formula is C22H35IN4O3. The highest BCUT2D eigenvalue weighted by molar-refractivity contribution is 14.0. The van der Waals surface area contributed by atoms with Crippen LogP contribution in [0.25, 0.3) is 0 Å². The Morgan fingerprint density at radius 1 is 1.17 bits per heavy atom. The third-order valence-corrected chi connectivity index (χ3v) is 5.69. The zero-order valence-electron chi connectivity index (χ0n) is 18.3. The molecule has 30 heavy (non-hydrogen) atoms. The number of benzene rings is 1. The average Bonchev–Trinajstić information content (AvgIpc) is 3.31. The van der Waals surface area contributed by atoms with Crippen LogP contribution in [0.1, 0.15) is 42.6 Å². The Morgan fingerprint density at radius 3 is 2.47 bits per heavy atom. The van der Waals surface area contributed by atoms with Gasteiger partial charge in [0.1, 0.15) is 6.10 Å². The number of carbonyl (C=O) groups excluding carboxylic acids is 1. The fourth-order valence-electron chi connectivity index (χ4n) is 3.96. The molecule has 1 aromatic carbocycles. The maximum absolute atomic E-state index is 12.4. The second-order valence-electron chi connectivity index (χ2n) is 7.48. The minimum absolute atomic E-state index is 0. The maximum atomic E-state index is 12.4. The van der Waals surface area contributed by atoms with E-state index in [4.69, 9.17) is 9.47 Å².